The van der Waals surface area contributed by atoms with Gasteiger partial charge in [-0.15, -0.1) is 0 Å². The van der Waals surface area contributed by atoms with Crippen molar-refractivity contribution >= 4 is 5.91 Å². The number of carbonyl (C=O) groups is 1. The second-order valence-electron chi connectivity index (χ2n) is 6.88. The Kier molecular flexibility index (Phi) is 5.85. The molecular weight excluding hydrogens is 305 g/mol. The molecule has 24 heavy (non-hydrogen) atoms. The molecule has 2 aliphatic rings. The van der Waals surface area contributed by atoms with E-state index >= 15 is 0 Å². The van der Waals surface area contributed by atoms with E-state index in [0.717, 1.165) is 69.7 Å². The number of rotatable bonds is 4. The highest BCUT2D eigenvalue weighted by Gasteiger charge is 2.30. The zero-order valence-corrected chi connectivity index (χ0v) is 14.6. The summed E-state index contributed by atoms with van der Waals surface area (Å²) in [5.41, 5.74) is 1.88. The van der Waals surface area contributed by atoms with Crippen LogP contribution in [0.1, 0.15) is 30.9 Å². The Morgan fingerprint density at radius 2 is 2.08 bits per heavy atom. The van der Waals surface area contributed by atoms with Crippen LogP contribution in [0.3, 0.4) is 0 Å². The van der Waals surface area contributed by atoms with Crippen molar-refractivity contribution < 1.29 is 9.18 Å². The maximum Gasteiger partial charge on any atom is 0.227 e. The molecule has 0 radical (unpaired) electrons. The van der Waals surface area contributed by atoms with Gasteiger partial charge >= 0.3 is 0 Å². The fourth-order valence-corrected chi connectivity index (χ4v) is 3.88. The molecule has 0 aromatic heterocycles. The minimum Gasteiger partial charge on any atom is -0.340 e. The van der Waals surface area contributed by atoms with E-state index in [0.29, 0.717) is 6.54 Å². The topological polar surface area (TPSA) is 35.6 Å². The molecule has 1 aromatic rings. The molecule has 0 spiro atoms. The number of aryl methyl sites for hydroxylation is 1. The number of piperazine rings is 1. The summed E-state index contributed by atoms with van der Waals surface area (Å²) in [7, 11) is 0. The van der Waals surface area contributed by atoms with Crippen LogP contribution in [0, 0.1) is 11.7 Å². The predicted molar refractivity (Wildman–Crippen MR) is 93.2 cm³/mol. The van der Waals surface area contributed by atoms with E-state index in [1.54, 1.807) is 12.1 Å². The number of piperidine rings is 1. The Morgan fingerprint density at radius 1 is 1.29 bits per heavy atom. The Labute approximate surface area is 144 Å². The van der Waals surface area contributed by atoms with Crippen molar-refractivity contribution in [2.75, 3.05) is 39.3 Å². The number of hydrogen-bond donors (Lipinski definition) is 1. The highest BCUT2D eigenvalue weighted by Crippen LogP contribution is 2.23. The second-order valence-corrected chi connectivity index (χ2v) is 6.88. The molecule has 2 heterocycles. The van der Waals surface area contributed by atoms with Gasteiger partial charge in [0.25, 0.3) is 0 Å². The van der Waals surface area contributed by atoms with Crippen LogP contribution in [0.4, 0.5) is 4.39 Å². The van der Waals surface area contributed by atoms with Gasteiger partial charge in [0.15, 0.2) is 0 Å². The van der Waals surface area contributed by atoms with Crippen molar-refractivity contribution in [3.05, 3.63) is 35.1 Å². The van der Waals surface area contributed by atoms with Gasteiger partial charge in [-0.1, -0.05) is 19.1 Å². The van der Waals surface area contributed by atoms with Gasteiger partial charge < -0.3 is 10.2 Å². The van der Waals surface area contributed by atoms with Crippen LogP contribution in [0.25, 0.3) is 0 Å². The maximum absolute atomic E-state index is 14.2. The maximum atomic E-state index is 14.2. The number of amides is 1. The lowest BCUT2D eigenvalue weighted by Gasteiger charge is -2.36. The average Bonchev–Trinajstić information content (AvgIpc) is 2.64. The van der Waals surface area contributed by atoms with Crippen molar-refractivity contribution in [3.8, 4) is 0 Å². The lowest BCUT2D eigenvalue weighted by Crippen LogP contribution is -2.51. The first-order chi connectivity index (χ1) is 11.7. The van der Waals surface area contributed by atoms with Gasteiger partial charge in [-0.25, -0.2) is 4.39 Å². The van der Waals surface area contributed by atoms with Gasteiger partial charge in [0.05, 0.1) is 5.92 Å². The lowest BCUT2D eigenvalue weighted by molar-refractivity contribution is -0.138. The molecule has 5 heteroatoms. The van der Waals surface area contributed by atoms with Gasteiger partial charge in [-0.05, 0) is 37.4 Å². The van der Waals surface area contributed by atoms with Gasteiger partial charge in [-0.3, -0.25) is 9.69 Å². The first-order valence-corrected chi connectivity index (χ1v) is 9.17. The fraction of sp³-hybridized carbons (Fsp3) is 0.632. The largest absolute Gasteiger partial charge is 0.340 e. The SMILES string of the molecule is CCc1cccc(F)c1CN1CCCC(C(=O)N2CCNCC2)C1. The molecule has 1 aromatic carbocycles. The monoisotopic (exact) mass is 333 g/mol. The van der Waals surface area contributed by atoms with Crippen molar-refractivity contribution in [1.29, 1.82) is 0 Å². The molecule has 1 N–H and O–H groups in total. The third kappa shape index (κ3) is 3.95. The molecule has 0 aliphatic carbocycles. The van der Waals surface area contributed by atoms with Crippen molar-refractivity contribution in [1.82, 2.24) is 15.1 Å². The number of nitrogens with zero attached hydrogens (tertiary/aromatic N) is 2. The molecular formula is C19H28FN3O. The number of benzene rings is 1. The van der Waals surface area contributed by atoms with Crippen molar-refractivity contribution in [3.63, 3.8) is 0 Å². The van der Waals surface area contributed by atoms with E-state index in [9.17, 15) is 9.18 Å². The van der Waals surface area contributed by atoms with E-state index in [4.69, 9.17) is 0 Å². The fourth-order valence-electron chi connectivity index (χ4n) is 3.88. The number of nitrogens with one attached hydrogen (secondary N) is 1. The zero-order valence-electron chi connectivity index (χ0n) is 14.6. The Bertz CT molecular complexity index is 572. The van der Waals surface area contributed by atoms with Crippen LogP contribution in [0.2, 0.25) is 0 Å². The number of hydrogen-bond acceptors (Lipinski definition) is 3. The third-order valence-electron chi connectivity index (χ3n) is 5.26. The molecule has 2 saturated heterocycles. The van der Waals surface area contributed by atoms with Crippen molar-refractivity contribution in [2.24, 2.45) is 5.92 Å². The van der Waals surface area contributed by atoms with Gasteiger partial charge in [0.2, 0.25) is 5.91 Å². The predicted octanol–water partition coefficient (Wildman–Crippen LogP) is 2.03. The van der Waals surface area contributed by atoms with Crippen molar-refractivity contribution in [2.45, 2.75) is 32.7 Å². The summed E-state index contributed by atoms with van der Waals surface area (Å²) in [6, 6.07) is 5.33. The summed E-state index contributed by atoms with van der Waals surface area (Å²) in [5, 5.41) is 3.29. The molecule has 3 rings (SSSR count). The van der Waals surface area contributed by atoms with Crippen LogP contribution in [0.15, 0.2) is 18.2 Å². The molecule has 1 unspecified atom stereocenters. The Balaban J connectivity index is 1.64. The molecule has 0 bridgehead atoms. The summed E-state index contributed by atoms with van der Waals surface area (Å²) < 4.78 is 14.2. The zero-order chi connectivity index (χ0) is 16.9. The summed E-state index contributed by atoms with van der Waals surface area (Å²) >= 11 is 0. The first-order valence-electron chi connectivity index (χ1n) is 9.17. The average molecular weight is 333 g/mol. The second kappa shape index (κ2) is 8.08. The first kappa shape index (κ1) is 17.4. The Hall–Kier alpha value is -1.46. The molecule has 1 atom stereocenters. The summed E-state index contributed by atoms with van der Waals surface area (Å²) in [6.07, 6.45) is 2.81. The van der Waals surface area contributed by atoms with E-state index in [1.165, 1.54) is 0 Å². The standard InChI is InChI=1S/C19H28FN3O/c1-2-15-5-3-7-18(20)17(15)14-22-10-4-6-16(13-22)19(24)23-11-8-21-9-12-23/h3,5,7,16,21H,2,4,6,8-14H2,1H3. The number of likely N-dealkylation sites (tertiary alicyclic amines) is 1. The minimum atomic E-state index is -0.120. The highest BCUT2D eigenvalue weighted by atomic mass is 19.1. The van der Waals surface area contributed by atoms with E-state index in [1.807, 2.05) is 11.0 Å². The lowest BCUT2D eigenvalue weighted by atomic mass is 9.95. The molecule has 2 fully saturated rings. The molecule has 0 saturated carbocycles. The molecule has 1 amide bonds. The third-order valence-corrected chi connectivity index (χ3v) is 5.26. The quantitative estimate of drug-likeness (QED) is 0.916. The number of carbonyl (C=O) groups excluding carboxylic acids is 1. The number of halogens is 1. The van der Waals surface area contributed by atoms with Gasteiger partial charge in [0.1, 0.15) is 5.82 Å². The van der Waals surface area contributed by atoms with Gasteiger partial charge in [-0.2, -0.15) is 0 Å². The van der Waals surface area contributed by atoms with Crippen LogP contribution in [0.5, 0.6) is 0 Å². The normalized spacial score (nSPS) is 22.6. The summed E-state index contributed by atoms with van der Waals surface area (Å²) in [6.45, 7) is 7.76. The molecule has 4 nitrogen and oxygen atoms in total. The van der Waals surface area contributed by atoms with Crippen LogP contribution >= 0.6 is 0 Å². The molecule has 132 valence electrons. The van der Waals surface area contributed by atoms with Gasteiger partial charge in [0, 0.05) is 44.8 Å². The van der Waals surface area contributed by atoms with E-state index in [-0.39, 0.29) is 17.6 Å². The van der Waals surface area contributed by atoms with Crippen LogP contribution in [-0.4, -0.2) is 55.0 Å². The van der Waals surface area contributed by atoms with Crippen LogP contribution in [-0.2, 0) is 17.8 Å². The van der Waals surface area contributed by atoms with Crippen LogP contribution < -0.4 is 5.32 Å². The van der Waals surface area contributed by atoms with E-state index < -0.39 is 0 Å². The smallest absolute Gasteiger partial charge is 0.227 e. The summed E-state index contributed by atoms with van der Waals surface area (Å²) in [5.74, 6) is 0.226. The molecule has 2 aliphatic heterocycles. The Morgan fingerprint density at radius 3 is 2.83 bits per heavy atom. The highest BCUT2D eigenvalue weighted by molar-refractivity contribution is 5.79. The van der Waals surface area contributed by atoms with E-state index in [2.05, 4.69) is 17.1 Å². The minimum absolute atomic E-state index is 0.0636. The summed E-state index contributed by atoms with van der Waals surface area (Å²) in [4.78, 5) is 17.0.